The third kappa shape index (κ3) is 2.66. The zero-order valence-corrected chi connectivity index (χ0v) is 6.70. The summed E-state index contributed by atoms with van der Waals surface area (Å²) in [5.74, 6) is 0. The molecular weight excluding hydrogens is 110 g/mol. The second-order valence-corrected chi connectivity index (χ2v) is 2.26. The summed E-state index contributed by atoms with van der Waals surface area (Å²) in [6, 6.07) is 0.523. The first-order chi connectivity index (χ1) is 4.26. The SMILES string of the molecule is C=C(CC)C(CC)NC. The first kappa shape index (κ1) is 8.70. The van der Waals surface area contributed by atoms with Gasteiger partial charge in [0.05, 0.1) is 0 Å². The van der Waals surface area contributed by atoms with Gasteiger partial charge in [-0.25, -0.2) is 0 Å². The van der Waals surface area contributed by atoms with E-state index >= 15 is 0 Å². The van der Waals surface area contributed by atoms with Gasteiger partial charge in [-0.3, -0.25) is 0 Å². The van der Waals surface area contributed by atoms with Crippen LogP contribution < -0.4 is 5.32 Å². The maximum Gasteiger partial charge on any atom is 0.0271 e. The lowest BCUT2D eigenvalue weighted by atomic mass is 10.1. The van der Waals surface area contributed by atoms with E-state index in [-0.39, 0.29) is 0 Å². The van der Waals surface area contributed by atoms with Gasteiger partial charge >= 0.3 is 0 Å². The van der Waals surface area contributed by atoms with Crippen molar-refractivity contribution in [3.8, 4) is 0 Å². The normalized spacial score (nSPS) is 13.2. The van der Waals surface area contributed by atoms with Gasteiger partial charge in [0.15, 0.2) is 0 Å². The molecular formula is C8H17N. The Morgan fingerprint density at radius 2 is 2.11 bits per heavy atom. The number of hydrogen-bond donors (Lipinski definition) is 1. The summed E-state index contributed by atoms with van der Waals surface area (Å²) in [6.45, 7) is 8.26. The Morgan fingerprint density at radius 1 is 1.56 bits per heavy atom. The molecule has 0 radical (unpaired) electrons. The molecule has 0 aliphatic rings. The Bertz CT molecular complexity index is 82.6. The standard InChI is InChI=1S/C8H17N/c1-5-7(3)8(6-2)9-4/h8-9H,3,5-6H2,1-2,4H3. The van der Waals surface area contributed by atoms with Crippen molar-refractivity contribution in [1.29, 1.82) is 0 Å². The highest BCUT2D eigenvalue weighted by Gasteiger charge is 2.03. The Labute approximate surface area is 58.2 Å². The van der Waals surface area contributed by atoms with Crippen LogP contribution in [0.25, 0.3) is 0 Å². The van der Waals surface area contributed by atoms with Crippen LogP contribution in [0.5, 0.6) is 0 Å². The molecule has 0 saturated heterocycles. The van der Waals surface area contributed by atoms with Crippen LogP contribution in [-0.4, -0.2) is 13.1 Å². The summed E-state index contributed by atoms with van der Waals surface area (Å²) in [7, 11) is 1.98. The van der Waals surface area contributed by atoms with Crippen LogP contribution >= 0.6 is 0 Å². The maximum absolute atomic E-state index is 3.95. The molecule has 1 atom stereocenters. The molecule has 0 aromatic rings. The fourth-order valence-corrected chi connectivity index (χ4v) is 0.943. The van der Waals surface area contributed by atoms with Gasteiger partial charge in [0, 0.05) is 6.04 Å². The van der Waals surface area contributed by atoms with Crippen LogP contribution in [0.4, 0.5) is 0 Å². The molecule has 0 spiro atoms. The minimum atomic E-state index is 0.523. The van der Waals surface area contributed by atoms with Crippen LogP contribution in [0.3, 0.4) is 0 Å². The molecule has 0 fully saturated rings. The monoisotopic (exact) mass is 127 g/mol. The highest BCUT2D eigenvalue weighted by molar-refractivity contribution is 5.03. The zero-order chi connectivity index (χ0) is 7.28. The number of nitrogens with one attached hydrogen (secondary N) is 1. The lowest BCUT2D eigenvalue weighted by Crippen LogP contribution is -2.25. The topological polar surface area (TPSA) is 12.0 Å². The molecule has 0 bridgehead atoms. The largest absolute Gasteiger partial charge is 0.313 e. The van der Waals surface area contributed by atoms with E-state index in [9.17, 15) is 0 Å². The van der Waals surface area contributed by atoms with Gasteiger partial charge < -0.3 is 5.32 Å². The maximum atomic E-state index is 3.95. The third-order valence-electron chi connectivity index (χ3n) is 1.70. The van der Waals surface area contributed by atoms with Crippen molar-refractivity contribution in [2.75, 3.05) is 7.05 Å². The summed E-state index contributed by atoms with van der Waals surface area (Å²) in [5, 5.41) is 3.20. The fraction of sp³-hybridized carbons (Fsp3) is 0.750. The summed E-state index contributed by atoms with van der Waals surface area (Å²) < 4.78 is 0. The van der Waals surface area contributed by atoms with E-state index in [2.05, 4.69) is 25.7 Å². The van der Waals surface area contributed by atoms with E-state index in [1.165, 1.54) is 5.57 Å². The lowest BCUT2D eigenvalue weighted by Gasteiger charge is -2.14. The van der Waals surface area contributed by atoms with Crippen LogP contribution in [0.1, 0.15) is 26.7 Å². The van der Waals surface area contributed by atoms with Crippen molar-refractivity contribution >= 4 is 0 Å². The molecule has 0 rings (SSSR count). The van der Waals surface area contributed by atoms with Gasteiger partial charge in [-0.05, 0) is 19.9 Å². The molecule has 0 aliphatic carbocycles. The first-order valence-corrected chi connectivity index (χ1v) is 3.61. The van der Waals surface area contributed by atoms with Gasteiger partial charge in [0.25, 0.3) is 0 Å². The van der Waals surface area contributed by atoms with Crippen molar-refractivity contribution in [3.05, 3.63) is 12.2 Å². The molecule has 0 saturated carbocycles. The van der Waals surface area contributed by atoms with Gasteiger partial charge in [-0.2, -0.15) is 0 Å². The molecule has 0 amide bonds. The van der Waals surface area contributed by atoms with E-state index in [1.54, 1.807) is 0 Å². The van der Waals surface area contributed by atoms with E-state index in [0.29, 0.717) is 6.04 Å². The quantitative estimate of drug-likeness (QED) is 0.569. The van der Waals surface area contributed by atoms with Crippen LogP contribution in [0, 0.1) is 0 Å². The zero-order valence-electron chi connectivity index (χ0n) is 6.70. The Morgan fingerprint density at radius 3 is 2.22 bits per heavy atom. The molecule has 54 valence electrons. The fourth-order valence-electron chi connectivity index (χ4n) is 0.943. The molecule has 1 heteroatoms. The predicted octanol–water partition coefficient (Wildman–Crippen LogP) is 1.95. The number of hydrogen-bond acceptors (Lipinski definition) is 1. The van der Waals surface area contributed by atoms with Crippen molar-refractivity contribution < 1.29 is 0 Å². The summed E-state index contributed by atoms with van der Waals surface area (Å²) in [5.41, 5.74) is 1.31. The summed E-state index contributed by atoms with van der Waals surface area (Å²) in [6.07, 6.45) is 2.22. The third-order valence-corrected chi connectivity index (χ3v) is 1.70. The second-order valence-electron chi connectivity index (χ2n) is 2.26. The average Bonchev–Trinajstić information content (AvgIpc) is 1.90. The van der Waals surface area contributed by atoms with Gasteiger partial charge in [0.2, 0.25) is 0 Å². The lowest BCUT2D eigenvalue weighted by molar-refractivity contribution is 0.603. The van der Waals surface area contributed by atoms with E-state index in [4.69, 9.17) is 0 Å². The second kappa shape index (κ2) is 4.57. The minimum absolute atomic E-state index is 0.523. The van der Waals surface area contributed by atoms with Crippen molar-refractivity contribution in [3.63, 3.8) is 0 Å². The first-order valence-electron chi connectivity index (χ1n) is 3.61. The summed E-state index contributed by atoms with van der Waals surface area (Å²) in [4.78, 5) is 0. The molecule has 0 aromatic carbocycles. The summed E-state index contributed by atoms with van der Waals surface area (Å²) >= 11 is 0. The van der Waals surface area contributed by atoms with E-state index < -0.39 is 0 Å². The Balaban J connectivity index is 3.64. The minimum Gasteiger partial charge on any atom is -0.313 e. The van der Waals surface area contributed by atoms with E-state index in [0.717, 1.165) is 12.8 Å². The van der Waals surface area contributed by atoms with Crippen LogP contribution in [0.15, 0.2) is 12.2 Å². The molecule has 0 heterocycles. The highest BCUT2D eigenvalue weighted by atomic mass is 14.9. The number of rotatable bonds is 4. The van der Waals surface area contributed by atoms with Crippen molar-refractivity contribution in [2.24, 2.45) is 0 Å². The predicted molar refractivity (Wildman–Crippen MR) is 42.6 cm³/mol. The molecule has 0 aromatic heterocycles. The van der Waals surface area contributed by atoms with Gasteiger partial charge in [-0.1, -0.05) is 26.0 Å². The molecule has 9 heavy (non-hydrogen) atoms. The van der Waals surface area contributed by atoms with Crippen molar-refractivity contribution in [1.82, 2.24) is 5.32 Å². The van der Waals surface area contributed by atoms with Gasteiger partial charge in [0.1, 0.15) is 0 Å². The van der Waals surface area contributed by atoms with Crippen LogP contribution in [0.2, 0.25) is 0 Å². The molecule has 1 N–H and O–H groups in total. The number of likely N-dealkylation sites (N-methyl/N-ethyl adjacent to an activating group) is 1. The van der Waals surface area contributed by atoms with E-state index in [1.807, 2.05) is 7.05 Å². The average molecular weight is 127 g/mol. The Hall–Kier alpha value is -0.300. The highest BCUT2D eigenvalue weighted by Crippen LogP contribution is 2.05. The molecule has 0 aliphatic heterocycles. The smallest absolute Gasteiger partial charge is 0.0271 e. The Kier molecular flexibility index (Phi) is 4.41. The molecule has 1 unspecified atom stereocenters. The van der Waals surface area contributed by atoms with Crippen LogP contribution in [-0.2, 0) is 0 Å². The molecule has 1 nitrogen and oxygen atoms in total. The van der Waals surface area contributed by atoms with Crippen molar-refractivity contribution in [2.45, 2.75) is 32.7 Å². The van der Waals surface area contributed by atoms with Gasteiger partial charge in [-0.15, -0.1) is 0 Å².